The minimum Gasteiger partial charge on any atom is -0.480 e. The van der Waals surface area contributed by atoms with Gasteiger partial charge in [0.25, 0.3) is 0 Å². The van der Waals surface area contributed by atoms with Crippen LogP contribution in [0.3, 0.4) is 0 Å². The fraction of sp³-hybridized carbons (Fsp3) is 0.786. The molecule has 0 aromatic rings. The summed E-state index contributed by atoms with van der Waals surface area (Å²) in [5, 5.41) is 14.1. The van der Waals surface area contributed by atoms with Crippen molar-refractivity contribution in [1.29, 1.82) is 0 Å². The Bertz CT molecular complexity index is 361. The van der Waals surface area contributed by atoms with E-state index in [4.69, 9.17) is 5.11 Å². The average molecular weight is 318 g/mol. The van der Waals surface area contributed by atoms with Gasteiger partial charge < -0.3 is 15.7 Å². The van der Waals surface area contributed by atoms with E-state index in [9.17, 15) is 14.4 Å². The first-order chi connectivity index (χ1) is 9.72. The lowest BCUT2D eigenvalue weighted by Crippen LogP contribution is -2.42. The lowest BCUT2D eigenvalue weighted by Gasteiger charge is -2.16. The number of carboxylic acid groups (broad SMARTS) is 1. The summed E-state index contributed by atoms with van der Waals surface area (Å²) in [6.45, 7) is 7.50. The fourth-order valence-corrected chi connectivity index (χ4v) is 2.51. The third-order valence-corrected chi connectivity index (χ3v) is 3.81. The molecule has 0 aliphatic carbocycles. The molecule has 0 saturated carbocycles. The van der Waals surface area contributed by atoms with Gasteiger partial charge in [0.1, 0.15) is 6.04 Å². The van der Waals surface area contributed by atoms with Gasteiger partial charge >= 0.3 is 5.97 Å². The molecule has 0 rings (SSSR count). The van der Waals surface area contributed by atoms with Crippen molar-refractivity contribution in [2.75, 3.05) is 11.5 Å². The largest absolute Gasteiger partial charge is 0.480 e. The number of nitrogens with one attached hydrogen (secondary N) is 2. The zero-order chi connectivity index (χ0) is 16.4. The number of hydrogen-bond donors (Lipinski definition) is 3. The Hall–Kier alpha value is -1.24. The van der Waals surface area contributed by atoms with Crippen LogP contribution in [0, 0.1) is 5.92 Å². The predicted molar refractivity (Wildman–Crippen MR) is 84.2 cm³/mol. The summed E-state index contributed by atoms with van der Waals surface area (Å²) in [5.74, 6) is -0.632. The Kier molecular flexibility index (Phi) is 9.86. The van der Waals surface area contributed by atoms with Gasteiger partial charge in [-0.2, -0.15) is 0 Å². The molecule has 1 unspecified atom stereocenters. The van der Waals surface area contributed by atoms with Crippen LogP contribution in [-0.2, 0) is 14.4 Å². The van der Waals surface area contributed by atoms with E-state index in [1.165, 1.54) is 18.7 Å². The van der Waals surface area contributed by atoms with E-state index >= 15 is 0 Å². The van der Waals surface area contributed by atoms with E-state index in [-0.39, 0.29) is 23.5 Å². The second-order valence-corrected chi connectivity index (χ2v) is 6.58. The zero-order valence-corrected chi connectivity index (χ0v) is 14.0. The van der Waals surface area contributed by atoms with Gasteiger partial charge in [0, 0.05) is 18.7 Å². The number of carbonyl (C=O) groups excluding carboxylic acids is 2. The third kappa shape index (κ3) is 11.1. The minimum absolute atomic E-state index is 0.108. The number of carbonyl (C=O) groups is 3. The van der Waals surface area contributed by atoms with Crippen LogP contribution < -0.4 is 10.6 Å². The van der Waals surface area contributed by atoms with Crippen LogP contribution in [0.5, 0.6) is 0 Å². The smallest absolute Gasteiger partial charge is 0.327 e. The van der Waals surface area contributed by atoms with Crippen molar-refractivity contribution < 1.29 is 19.5 Å². The molecule has 0 aromatic carbocycles. The lowest BCUT2D eigenvalue weighted by molar-refractivity contribution is -0.140. The Morgan fingerprint density at radius 1 is 1.10 bits per heavy atom. The Labute approximate surface area is 130 Å². The van der Waals surface area contributed by atoms with Gasteiger partial charge in [0.15, 0.2) is 0 Å². The van der Waals surface area contributed by atoms with Crippen molar-refractivity contribution in [3.63, 3.8) is 0 Å². The van der Waals surface area contributed by atoms with E-state index < -0.39 is 17.9 Å². The van der Waals surface area contributed by atoms with Crippen molar-refractivity contribution in [3.05, 3.63) is 0 Å². The van der Waals surface area contributed by atoms with Crippen molar-refractivity contribution in [1.82, 2.24) is 10.6 Å². The number of hydrogen-bond acceptors (Lipinski definition) is 4. The maximum atomic E-state index is 11.7. The topological polar surface area (TPSA) is 95.5 Å². The molecule has 2 amide bonds. The number of rotatable bonds is 10. The van der Waals surface area contributed by atoms with E-state index in [0.29, 0.717) is 5.92 Å². The SMILES string of the molecule is CC(=O)N[C@@H](CSCC(=O)NC(C)CCC(C)C)C(=O)O. The molecule has 0 aromatic heterocycles. The molecule has 3 N–H and O–H groups in total. The maximum Gasteiger partial charge on any atom is 0.327 e. The lowest BCUT2D eigenvalue weighted by atomic mass is 10.0. The molecule has 6 nitrogen and oxygen atoms in total. The number of amides is 2. The molecule has 0 fully saturated rings. The summed E-state index contributed by atoms with van der Waals surface area (Å²) in [6, 6.07) is -0.843. The highest BCUT2D eigenvalue weighted by Gasteiger charge is 2.18. The molecule has 0 saturated heterocycles. The van der Waals surface area contributed by atoms with Gasteiger partial charge in [-0.3, -0.25) is 9.59 Å². The summed E-state index contributed by atoms with van der Waals surface area (Å²) < 4.78 is 0. The van der Waals surface area contributed by atoms with Crippen molar-refractivity contribution >= 4 is 29.5 Å². The molecule has 0 bridgehead atoms. The quantitative estimate of drug-likeness (QED) is 0.563. The molecule has 0 aliphatic rings. The first-order valence-corrected chi connectivity index (χ1v) is 8.24. The minimum atomic E-state index is -1.09. The molecule has 0 heterocycles. The van der Waals surface area contributed by atoms with Gasteiger partial charge in [-0.25, -0.2) is 4.79 Å². The van der Waals surface area contributed by atoms with Crippen LogP contribution in [0.1, 0.15) is 40.5 Å². The number of aliphatic carboxylic acids is 1. The van der Waals surface area contributed by atoms with Crippen LogP contribution in [-0.4, -0.2) is 46.5 Å². The number of thioether (sulfide) groups is 1. The van der Waals surface area contributed by atoms with E-state index in [2.05, 4.69) is 24.5 Å². The highest BCUT2D eigenvalue weighted by Crippen LogP contribution is 2.07. The molecule has 0 aliphatic heterocycles. The van der Waals surface area contributed by atoms with Gasteiger partial charge in [-0.05, 0) is 25.7 Å². The highest BCUT2D eigenvalue weighted by molar-refractivity contribution is 8.00. The summed E-state index contributed by atoms with van der Waals surface area (Å²) in [7, 11) is 0. The summed E-state index contributed by atoms with van der Waals surface area (Å²) in [5.41, 5.74) is 0. The molecule has 0 radical (unpaired) electrons. The molecule has 0 spiro atoms. The van der Waals surface area contributed by atoms with E-state index in [1.54, 1.807) is 0 Å². The second-order valence-electron chi connectivity index (χ2n) is 5.55. The maximum absolute atomic E-state index is 11.7. The van der Waals surface area contributed by atoms with Gasteiger partial charge in [0.05, 0.1) is 5.75 Å². The molecular weight excluding hydrogens is 292 g/mol. The molecular formula is C14H26N2O4S. The van der Waals surface area contributed by atoms with Crippen molar-refractivity contribution in [2.24, 2.45) is 5.92 Å². The second kappa shape index (κ2) is 10.5. The van der Waals surface area contributed by atoms with Gasteiger partial charge in [0.2, 0.25) is 11.8 Å². The first kappa shape index (κ1) is 19.8. The standard InChI is InChI=1S/C14H26N2O4S/c1-9(2)5-6-10(3)15-13(18)8-21-7-12(14(19)20)16-11(4)17/h9-10,12H,5-8H2,1-4H3,(H,15,18)(H,16,17)(H,19,20)/t10?,12-/m0/s1. The summed E-state index contributed by atoms with van der Waals surface area (Å²) in [4.78, 5) is 33.5. The fourth-order valence-electron chi connectivity index (χ4n) is 1.66. The first-order valence-electron chi connectivity index (χ1n) is 7.09. The Morgan fingerprint density at radius 2 is 1.71 bits per heavy atom. The van der Waals surface area contributed by atoms with Crippen LogP contribution in [0.25, 0.3) is 0 Å². The van der Waals surface area contributed by atoms with Gasteiger partial charge in [-0.15, -0.1) is 11.8 Å². The van der Waals surface area contributed by atoms with Crippen LogP contribution in [0.4, 0.5) is 0 Å². The molecule has 21 heavy (non-hydrogen) atoms. The van der Waals surface area contributed by atoms with Crippen LogP contribution in [0.2, 0.25) is 0 Å². The van der Waals surface area contributed by atoms with E-state index in [1.807, 2.05) is 6.92 Å². The molecule has 7 heteroatoms. The molecule has 2 atom stereocenters. The highest BCUT2D eigenvalue weighted by atomic mass is 32.2. The van der Waals surface area contributed by atoms with Gasteiger partial charge in [-0.1, -0.05) is 13.8 Å². The van der Waals surface area contributed by atoms with Crippen molar-refractivity contribution in [3.8, 4) is 0 Å². The summed E-state index contributed by atoms with van der Waals surface area (Å²) in [6.07, 6.45) is 1.98. The average Bonchev–Trinajstić information content (AvgIpc) is 2.34. The van der Waals surface area contributed by atoms with Crippen LogP contribution >= 0.6 is 11.8 Å². The normalized spacial score (nSPS) is 13.6. The van der Waals surface area contributed by atoms with Crippen molar-refractivity contribution in [2.45, 2.75) is 52.6 Å². The van der Waals surface area contributed by atoms with E-state index in [0.717, 1.165) is 12.8 Å². The summed E-state index contributed by atoms with van der Waals surface area (Å²) >= 11 is 1.20. The predicted octanol–water partition coefficient (Wildman–Crippen LogP) is 1.25. The molecule has 122 valence electrons. The zero-order valence-electron chi connectivity index (χ0n) is 13.1. The van der Waals surface area contributed by atoms with Crippen LogP contribution in [0.15, 0.2) is 0 Å². The number of carboxylic acids is 1. The Balaban J connectivity index is 3.96. The third-order valence-electron chi connectivity index (χ3n) is 2.78. The monoisotopic (exact) mass is 318 g/mol. The Morgan fingerprint density at radius 3 is 2.19 bits per heavy atom.